The van der Waals surface area contributed by atoms with Gasteiger partial charge in [0.25, 0.3) is 0 Å². The van der Waals surface area contributed by atoms with E-state index in [1.54, 1.807) is 0 Å². The number of aliphatic carboxylic acids is 1. The fraction of sp³-hybridized carbons (Fsp3) is 0.588. The molecule has 1 heterocycles. The lowest BCUT2D eigenvalue weighted by Gasteiger charge is -2.37. The molecule has 1 N–H and O–H groups in total. The van der Waals surface area contributed by atoms with Crippen LogP contribution in [0.1, 0.15) is 50.6 Å². The van der Waals surface area contributed by atoms with Crippen molar-refractivity contribution in [1.29, 1.82) is 0 Å². The normalized spacial score (nSPS) is 30.9. The molecule has 0 bridgehead atoms. The first-order chi connectivity index (χ1) is 10.1. The van der Waals surface area contributed by atoms with Gasteiger partial charge >= 0.3 is 5.97 Å². The van der Waals surface area contributed by atoms with Crippen LogP contribution in [0.15, 0.2) is 24.3 Å². The van der Waals surface area contributed by atoms with E-state index in [-0.39, 0.29) is 12.1 Å². The van der Waals surface area contributed by atoms with Crippen LogP contribution >= 0.6 is 22.6 Å². The molecule has 21 heavy (non-hydrogen) atoms. The van der Waals surface area contributed by atoms with Gasteiger partial charge in [0, 0.05) is 15.7 Å². The maximum absolute atomic E-state index is 11.7. The molecule has 4 unspecified atom stereocenters. The number of hydrogen-bond acceptors (Lipinski definition) is 2. The zero-order valence-electron chi connectivity index (χ0n) is 12.3. The number of hydrogen-bond donors (Lipinski definition) is 1. The SMILES string of the molecule is CC(c1ccc(I)cc1)N1C(C(=O)O)CC2CCCCC21. The minimum atomic E-state index is -0.651. The predicted octanol–water partition coefficient (Wildman–Crippen LogP) is 4.07. The van der Waals surface area contributed by atoms with Crippen molar-refractivity contribution in [2.24, 2.45) is 5.92 Å². The molecule has 1 saturated carbocycles. The van der Waals surface area contributed by atoms with E-state index in [1.165, 1.54) is 28.4 Å². The maximum Gasteiger partial charge on any atom is 0.320 e. The third-order valence-corrected chi connectivity index (χ3v) is 5.94. The van der Waals surface area contributed by atoms with Crippen LogP contribution in [-0.4, -0.2) is 28.1 Å². The van der Waals surface area contributed by atoms with Gasteiger partial charge in [0.1, 0.15) is 6.04 Å². The van der Waals surface area contributed by atoms with Crippen LogP contribution in [0.25, 0.3) is 0 Å². The minimum Gasteiger partial charge on any atom is -0.480 e. The Balaban J connectivity index is 1.88. The van der Waals surface area contributed by atoms with E-state index in [1.807, 2.05) is 0 Å². The molecule has 4 atom stereocenters. The van der Waals surface area contributed by atoms with Crippen molar-refractivity contribution in [2.45, 2.75) is 57.2 Å². The molecule has 114 valence electrons. The summed E-state index contributed by atoms with van der Waals surface area (Å²) in [6, 6.07) is 8.81. The van der Waals surface area contributed by atoms with Gasteiger partial charge in [-0.15, -0.1) is 0 Å². The Kier molecular flexibility index (Phi) is 4.54. The number of carboxylic acid groups (broad SMARTS) is 1. The van der Waals surface area contributed by atoms with Crippen molar-refractivity contribution in [3.63, 3.8) is 0 Å². The summed E-state index contributed by atoms with van der Waals surface area (Å²) >= 11 is 2.31. The summed E-state index contributed by atoms with van der Waals surface area (Å²) in [4.78, 5) is 14.0. The molecule has 2 aliphatic rings. The van der Waals surface area contributed by atoms with Gasteiger partial charge in [-0.25, -0.2) is 0 Å². The summed E-state index contributed by atoms with van der Waals surface area (Å²) in [5.74, 6) is -0.0760. The van der Waals surface area contributed by atoms with Gasteiger partial charge in [-0.05, 0) is 72.4 Å². The Bertz CT molecular complexity index is 516. The molecule has 0 radical (unpaired) electrons. The Labute approximate surface area is 139 Å². The fourth-order valence-electron chi connectivity index (χ4n) is 4.19. The van der Waals surface area contributed by atoms with Crippen LogP contribution in [0.2, 0.25) is 0 Å². The van der Waals surface area contributed by atoms with E-state index in [9.17, 15) is 9.90 Å². The second-order valence-corrected chi connectivity index (χ2v) is 7.62. The third-order valence-electron chi connectivity index (χ3n) is 5.22. The van der Waals surface area contributed by atoms with Gasteiger partial charge in [-0.1, -0.05) is 25.0 Å². The van der Waals surface area contributed by atoms with Crippen molar-refractivity contribution >= 4 is 28.6 Å². The molecule has 1 aliphatic carbocycles. The highest BCUT2D eigenvalue weighted by molar-refractivity contribution is 14.1. The Morgan fingerprint density at radius 1 is 1.29 bits per heavy atom. The lowest BCUT2D eigenvalue weighted by atomic mass is 9.84. The quantitative estimate of drug-likeness (QED) is 0.780. The van der Waals surface area contributed by atoms with Crippen molar-refractivity contribution in [1.82, 2.24) is 4.90 Å². The molecule has 3 nitrogen and oxygen atoms in total. The van der Waals surface area contributed by atoms with Gasteiger partial charge in [0.2, 0.25) is 0 Å². The summed E-state index contributed by atoms with van der Waals surface area (Å²) in [6.45, 7) is 2.16. The number of carboxylic acids is 1. The molecule has 0 spiro atoms. The number of rotatable bonds is 3. The highest BCUT2D eigenvalue weighted by Crippen LogP contribution is 2.44. The van der Waals surface area contributed by atoms with Gasteiger partial charge in [0.05, 0.1) is 0 Å². The molecule has 3 rings (SSSR count). The third kappa shape index (κ3) is 2.97. The van der Waals surface area contributed by atoms with Crippen molar-refractivity contribution < 1.29 is 9.90 Å². The Morgan fingerprint density at radius 2 is 1.95 bits per heavy atom. The Morgan fingerprint density at radius 3 is 2.62 bits per heavy atom. The van der Waals surface area contributed by atoms with E-state index < -0.39 is 5.97 Å². The van der Waals surface area contributed by atoms with Crippen molar-refractivity contribution in [3.8, 4) is 0 Å². The number of likely N-dealkylation sites (tertiary alicyclic amines) is 1. The molecule has 1 aromatic carbocycles. The molecular formula is C17H22INO2. The zero-order chi connectivity index (χ0) is 15.0. The van der Waals surface area contributed by atoms with Crippen LogP contribution in [0.5, 0.6) is 0 Å². The highest BCUT2D eigenvalue weighted by Gasteiger charge is 2.47. The van der Waals surface area contributed by atoms with Crippen molar-refractivity contribution in [2.75, 3.05) is 0 Å². The van der Waals surface area contributed by atoms with Crippen LogP contribution in [0.4, 0.5) is 0 Å². The smallest absolute Gasteiger partial charge is 0.320 e. The molecular weight excluding hydrogens is 377 g/mol. The predicted molar refractivity (Wildman–Crippen MR) is 91.2 cm³/mol. The topological polar surface area (TPSA) is 40.5 Å². The largest absolute Gasteiger partial charge is 0.480 e. The summed E-state index contributed by atoms with van der Waals surface area (Å²) in [7, 11) is 0. The molecule has 0 amide bonds. The molecule has 1 aromatic rings. The van der Waals surface area contributed by atoms with E-state index in [0.717, 1.165) is 12.8 Å². The number of halogens is 1. The first kappa shape index (κ1) is 15.3. The summed E-state index contributed by atoms with van der Waals surface area (Å²) < 4.78 is 1.22. The second kappa shape index (κ2) is 6.24. The molecule has 2 fully saturated rings. The lowest BCUT2D eigenvalue weighted by molar-refractivity contribution is -0.143. The summed E-state index contributed by atoms with van der Waals surface area (Å²) in [5.41, 5.74) is 1.23. The number of carbonyl (C=O) groups is 1. The van der Waals surface area contributed by atoms with Gasteiger partial charge in [-0.2, -0.15) is 0 Å². The van der Waals surface area contributed by atoms with Crippen LogP contribution in [0, 0.1) is 9.49 Å². The first-order valence-electron chi connectivity index (χ1n) is 7.83. The van der Waals surface area contributed by atoms with E-state index >= 15 is 0 Å². The lowest BCUT2D eigenvalue weighted by Crippen LogP contribution is -2.43. The van der Waals surface area contributed by atoms with Crippen LogP contribution < -0.4 is 0 Å². The van der Waals surface area contributed by atoms with Crippen LogP contribution in [0.3, 0.4) is 0 Å². The summed E-state index contributed by atoms with van der Waals surface area (Å²) in [5, 5.41) is 9.63. The average Bonchev–Trinajstić information content (AvgIpc) is 2.87. The maximum atomic E-state index is 11.7. The molecule has 0 aromatic heterocycles. The fourth-order valence-corrected chi connectivity index (χ4v) is 4.55. The van der Waals surface area contributed by atoms with E-state index in [2.05, 4.69) is 58.7 Å². The number of nitrogens with zero attached hydrogens (tertiary/aromatic N) is 1. The molecule has 4 heteroatoms. The second-order valence-electron chi connectivity index (χ2n) is 6.38. The monoisotopic (exact) mass is 399 g/mol. The Hall–Kier alpha value is -0.620. The molecule has 1 saturated heterocycles. The average molecular weight is 399 g/mol. The van der Waals surface area contributed by atoms with Gasteiger partial charge in [-0.3, -0.25) is 9.69 Å². The van der Waals surface area contributed by atoms with E-state index in [4.69, 9.17) is 0 Å². The molecule has 1 aliphatic heterocycles. The highest BCUT2D eigenvalue weighted by atomic mass is 127. The first-order valence-corrected chi connectivity index (χ1v) is 8.91. The van der Waals surface area contributed by atoms with Crippen LogP contribution in [-0.2, 0) is 4.79 Å². The summed E-state index contributed by atoms with van der Waals surface area (Å²) in [6.07, 6.45) is 5.69. The standard InChI is InChI=1S/C17H22INO2/c1-11(12-6-8-14(18)9-7-12)19-15-5-3-2-4-13(15)10-16(19)17(20)21/h6-9,11,13,15-16H,2-5,10H2,1H3,(H,20,21). The van der Waals surface area contributed by atoms with Gasteiger partial charge < -0.3 is 5.11 Å². The number of benzene rings is 1. The number of fused-ring (bicyclic) bond motifs is 1. The zero-order valence-corrected chi connectivity index (χ0v) is 14.5. The van der Waals surface area contributed by atoms with Gasteiger partial charge in [0.15, 0.2) is 0 Å². The van der Waals surface area contributed by atoms with Crippen molar-refractivity contribution in [3.05, 3.63) is 33.4 Å². The van der Waals surface area contributed by atoms with E-state index in [0.29, 0.717) is 12.0 Å². The minimum absolute atomic E-state index is 0.177.